The second-order valence-electron chi connectivity index (χ2n) is 6.77. The van der Waals surface area contributed by atoms with Gasteiger partial charge in [-0.2, -0.15) is 0 Å². The van der Waals surface area contributed by atoms with Crippen LogP contribution in [0.1, 0.15) is 44.0 Å². The summed E-state index contributed by atoms with van der Waals surface area (Å²) in [6.45, 7) is 5.63. The summed E-state index contributed by atoms with van der Waals surface area (Å²) >= 11 is 5.86. The predicted molar refractivity (Wildman–Crippen MR) is 86.7 cm³/mol. The molecule has 1 aliphatic rings. The molecular weight excluding hydrogens is 321 g/mol. The summed E-state index contributed by atoms with van der Waals surface area (Å²) in [6, 6.07) is 6.27. The zero-order chi connectivity index (χ0) is 17.3. The van der Waals surface area contributed by atoms with Gasteiger partial charge in [-0.1, -0.05) is 23.7 Å². The highest BCUT2D eigenvalue weighted by molar-refractivity contribution is 6.31. The van der Waals surface area contributed by atoms with Crippen LogP contribution in [0.4, 0.5) is 9.18 Å². The van der Waals surface area contributed by atoms with Crippen molar-refractivity contribution in [3.63, 3.8) is 0 Å². The number of likely N-dealkylation sites (tertiary alicyclic amines) is 1. The fourth-order valence-corrected chi connectivity index (χ4v) is 2.68. The van der Waals surface area contributed by atoms with E-state index in [2.05, 4.69) is 0 Å². The molecule has 1 aromatic carbocycles. The summed E-state index contributed by atoms with van der Waals surface area (Å²) in [5.41, 5.74) is -2.31. The Morgan fingerprint density at radius 1 is 1.26 bits per heavy atom. The monoisotopic (exact) mass is 341 g/mol. The highest BCUT2D eigenvalue weighted by Crippen LogP contribution is 2.31. The third kappa shape index (κ3) is 4.44. The number of rotatable bonds is 2. The summed E-state index contributed by atoms with van der Waals surface area (Å²) in [4.78, 5) is 25.8. The maximum Gasteiger partial charge on any atom is 0.410 e. The number of benzene rings is 1. The lowest BCUT2D eigenvalue weighted by Crippen LogP contribution is -2.49. The minimum atomic E-state index is -1.97. The summed E-state index contributed by atoms with van der Waals surface area (Å²) < 4.78 is 20.3. The Bertz CT molecular complexity index is 604. The van der Waals surface area contributed by atoms with E-state index in [9.17, 15) is 14.0 Å². The molecular formula is C17H21ClFNO3. The summed E-state index contributed by atoms with van der Waals surface area (Å²) in [5, 5.41) is 0.394. The smallest absolute Gasteiger partial charge is 0.410 e. The van der Waals surface area contributed by atoms with E-state index < -0.39 is 23.1 Å². The molecule has 1 heterocycles. The first kappa shape index (κ1) is 17.7. The number of ketones is 1. The molecule has 4 nitrogen and oxygen atoms in total. The van der Waals surface area contributed by atoms with Crippen molar-refractivity contribution in [2.24, 2.45) is 0 Å². The zero-order valence-electron chi connectivity index (χ0n) is 13.6. The Hall–Kier alpha value is -1.62. The van der Waals surface area contributed by atoms with Gasteiger partial charge in [-0.05, 0) is 32.9 Å². The number of amides is 1. The number of ether oxygens (including phenoxy) is 1. The Morgan fingerprint density at radius 3 is 2.39 bits per heavy atom. The van der Waals surface area contributed by atoms with Crippen molar-refractivity contribution in [3.05, 3.63) is 34.9 Å². The summed E-state index contributed by atoms with van der Waals surface area (Å²) in [5.74, 6) is -0.580. The number of piperidine rings is 1. The molecule has 0 aliphatic carbocycles. The second kappa shape index (κ2) is 6.48. The van der Waals surface area contributed by atoms with Gasteiger partial charge in [0.2, 0.25) is 0 Å². The van der Waals surface area contributed by atoms with Gasteiger partial charge in [0.25, 0.3) is 0 Å². The van der Waals surface area contributed by atoms with E-state index in [-0.39, 0.29) is 31.5 Å². The third-order valence-electron chi connectivity index (χ3n) is 3.70. The molecule has 23 heavy (non-hydrogen) atoms. The number of alkyl halides is 1. The van der Waals surface area contributed by atoms with Crippen molar-refractivity contribution in [3.8, 4) is 0 Å². The van der Waals surface area contributed by atoms with Crippen molar-refractivity contribution in [2.75, 3.05) is 13.1 Å². The molecule has 126 valence electrons. The Labute approximate surface area is 140 Å². The van der Waals surface area contributed by atoms with E-state index >= 15 is 0 Å². The van der Waals surface area contributed by atoms with E-state index in [1.165, 1.54) is 11.0 Å². The molecule has 0 N–H and O–H groups in total. The highest BCUT2D eigenvalue weighted by Gasteiger charge is 2.43. The molecule has 1 aliphatic heterocycles. The predicted octanol–water partition coefficient (Wildman–Crippen LogP) is 4.26. The van der Waals surface area contributed by atoms with Crippen LogP contribution in [-0.2, 0) is 4.74 Å². The van der Waals surface area contributed by atoms with Crippen molar-refractivity contribution in [2.45, 2.75) is 44.9 Å². The lowest BCUT2D eigenvalue weighted by atomic mass is 9.86. The number of carbonyl (C=O) groups is 2. The minimum Gasteiger partial charge on any atom is -0.444 e. The van der Waals surface area contributed by atoms with Gasteiger partial charge >= 0.3 is 6.09 Å². The summed E-state index contributed by atoms with van der Waals surface area (Å²) in [7, 11) is 0. The Kier molecular flexibility index (Phi) is 4.99. The van der Waals surface area contributed by atoms with Crippen molar-refractivity contribution >= 4 is 23.5 Å². The Morgan fingerprint density at radius 2 is 1.87 bits per heavy atom. The topological polar surface area (TPSA) is 46.6 Å². The molecule has 0 atom stereocenters. The largest absolute Gasteiger partial charge is 0.444 e. The second-order valence-corrected chi connectivity index (χ2v) is 7.21. The molecule has 0 spiro atoms. The maximum absolute atomic E-state index is 15.0. The van der Waals surface area contributed by atoms with Crippen molar-refractivity contribution in [1.82, 2.24) is 4.90 Å². The van der Waals surface area contributed by atoms with Crippen LogP contribution in [0, 0.1) is 0 Å². The standard InChI is InChI=1S/C17H21ClFNO3/c1-16(2,3)23-15(22)20-9-7-17(19,8-10-20)14(21)12-5-4-6-13(18)11-12/h4-6,11H,7-10H2,1-3H3. The van der Waals surface area contributed by atoms with Gasteiger partial charge < -0.3 is 9.64 Å². The molecule has 1 aromatic rings. The van der Waals surface area contributed by atoms with Crippen LogP contribution in [0.15, 0.2) is 24.3 Å². The lowest BCUT2D eigenvalue weighted by Gasteiger charge is -2.36. The van der Waals surface area contributed by atoms with E-state index in [0.717, 1.165) is 0 Å². The molecule has 0 unspecified atom stereocenters. The first-order chi connectivity index (χ1) is 10.6. The molecule has 0 saturated carbocycles. The van der Waals surface area contributed by atoms with Crippen LogP contribution in [-0.4, -0.2) is 41.1 Å². The number of halogens is 2. The molecule has 1 fully saturated rings. The number of hydrogen-bond acceptors (Lipinski definition) is 3. The van der Waals surface area contributed by atoms with E-state index in [1.807, 2.05) is 0 Å². The average molecular weight is 342 g/mol. The van der Waals surface area contributed by atoms with Gasteiger partial charge in [0.1, 0.15) is 5.60 Å². The van der Waals surface area contributed by atoms with E-state index in [0.29, 0.717) is 5.02 Å². The van der Waals surface area contributed by atoms with Crippen molar-refractivity contribution in [1.29, 1.82) is 0 Å². The van der Waals surface area contributed by atoms with E-state index in [4.69, 9.17) is 16.3 Å². The number of nitrogens with zero attached hydrogens (tertiary/aromatic N) is 1. The van der Waals surface area contributed by atoms with Gasteiger partial charge in [0.15, 0.2) is 11.5 Å². The van der Waals surface area contributed by atoms with Gasteiger partial charge in [0.05, 0.1) is 0 Å². The van der Waals surface area contributed by atoms with Crippen molar-refractivity contribution < 1.29 is 18.7 Å². The number of Topliss-reactive ketones (excluding diaryl/α,β-unsaturated/α-hetero) is 1. The van der Waals surface area contributed by atoms with Gasteiger partial charge in [0, 0.05) is 36.5 Å². The zero-order valence-corrected chi connectivity index (χ0v) is 14.3. The lowest BCUT2D eigenvalue weighted by molar-refractivity contribution is 0.00501. The van der Waals surface area contributed by atoms with Gasteiger partial charge in [-0.3, -0.25) is 4.79 Å². The maximum atomic E-state index is 15.0. The van der Waals surface area contributed by atoms with E-state index in [1.54, 1.807) is 39.0 Å². The quantitative estimate of drug-likeness (QED) is 0.755. The van der Waals surface area contributed by atoms with Crippen LogP contribution >= 0.6 is 11.6 Å². The highest BCUT2D eigenvalue weighted by atomic mass is 35.5. The molecule has 1 saturated heterocycles. The first-order valence-electron chi connectivity index (χ1n) is 7.58. The first-order valence-corrected chi connectivity index (χ1v) is 7.96. The third-order valence-corrected chi connectivity index (χ3v) is 3.94. The molecule has 0 radical (unpaired) electrons. The van der Waals surface area contributed by atoms with Crippen LogP contribution in [0.2, 0.25) is 5.02 Å². The number of carbonyl (C=O) groups excluding carboxylic acids is 2. The molecule has 2 rings (SSSR count). The van der Waals surface area contributed by atoms with Gasteiger partial charge in [-0.25, -0.2) is 9.18 Å². The SMILES string of the molecule is CC(C)(C)OC(=O)N1CCC(F)(C(=O)c2cccc(Cl)c2)CC1. The fourth-order valence-electron chi connectivity index (χ4n) is 2.49. The fraction of sp³-hybridized carbons (Fsp3) is 0.529. The average Bonchev–Trinajstić information content (AvgIpc) is 2.45. The summed E-state index contributed by atoms with van der Waals surface area (Å²) in [6.07, 6.45) is -0.565. The van der Waals surface area contributed by atoms with Gasteiger partial charge in [-0.15, -0.1) is 0 Å². The normalized spacial score (nSPS) is 17.7. The minimum absolute atomic E-state index is 0.0441. The van der Waals surface area contributed by atoms with Crippen LogP contribution in [0.25, 0.3) is 0 Å². The van der Waals surface area contributed by atoms with Crippen LogP contribution in [0.3, 0.4) is 0 Å². The molecule has 1 amide bonds. The Balaban J connectivity index is 2.02. The van der Waals surface area contributed by atoms with Crippen LogP contribution < -0.4 is 0 Å². The number of hydrogen-bond donors (Lipinski definition) is 0. The molecule has 0 bridgehead atoms. The molecule has 0 aromatic heterocycles. The van der Waals surface area contributed by atoms with Crippen LogP contribution in [0.5, 0.6) is 0 Å². The molecule has 6 heteroatoms.